The molecule has 1 aliphatic carbocycles. The van der Waals surface area contributed by atoms with E-state index in [9.17, 15) is 0 Å². The summed E-state index contributed by atoms with van der Waals surface area (Å²) in [5.74, 6) is 2.22. The fourth-order valence-electron chi connectivity index (χ4n) is 2.19. The smallest absolute Gasteiger partial charge is 0.148 e. The minimum Gasteiger partial charge on any atom is -0.496 e. The van der Waals surface area contributed by atoms with Crippen molar-refractivity contribution in [3.8, 4) is 5.75 Å². The second kappa shape index (κ2) is 4.78. The van der Waals surface area contributed by atoms with Crippen LogP contribution in [-0.4, -0.2) is 17.1 Å². The van der Waals surface area contributed by atoms with Crippen molar-refractivity contribution in [3.05, 3.63) is 46.8 Å². The van der Waals surface area contributed by atoms with Crippen molar-refractivity contribution in [2.45, 2.75) is 25.7 Å². The maximum atomic E-state index is 5.59. The topological polar surface area (TPSA) is 35.3 Å². The summed E-state index contributed by atoms with van der Waals surface area (Å²) in [6.45, 7) is 2.03. The first-order valence-electron chi connectivity index (χ1n) is 6.34. The summed E-state index contributed by atoms with van der Waals surface area (Å²) >= 11 is 5.59. The summed E-state index contributed by atoms with van der Waals surface area (Å²) in [7, 11) is 1.66. The SMILES string of the molecule is COc1cc(C)ccc1C(=S)c1cnoc1C1CC1. The second-order valence-electron chi connectivity index (χ2n) is 4.91. The Morgan fingerprint density at radius 2 is 2.16 bits per heavy atom. The van der Waals surface area contributed by atoms with Crippen molar-refractivity contribution in [3.63, 3.8) is 0 Å². The van der Waals surface area contributed by atoms with E-state index in [0.29, 0.717) is 5.92 Å². The summed E-state index contributed by atoms with van der Waals surface area (Å²) in [5.41, 5.74) is 3.00. The lowest BCUT2D eigenvalue weighted by atomic mass is 10.0. The number of aromatic nitrogens is 1. The summed E-state index contributed by atoms with van der Waals surface area (Å²) in [5, 5.41) is 3.90. The molecule has 0 saturated heterocycles. The number of rotatable bonds is 4. The van der Waals surface area contributed by atoms with Crippen LogP contribution in [0.25, 0.3) is 0 Å². The Morgan fingerprint density at radius 1 is 1.37 bits per heavy atom. The Bertz CT molecular complexity index is 629. The van der Waals surface area contributed by atoms with Gasteiger partial charge in [0.2, 0.25) is 0 Å². The van der Waals surface area contributed by atoms with Gasteiger partial charge in [0.1, 0.15) is 11.5 Å². The highest BCUT2D eigenvalue weighted by atomic mass is 32.1. The van der Waals surface area contributed by atoms with Crippen LogP contribution in [0.1, 0.15) is 41.2 Å². The number of nitrogens with zero attached hydrogens (tertiary/aromatic N) is 1. The number of hydrogen-bond donors (Lipinski definition) is 0. The normalized spacial score (nSPS) is 14.4. The Labute approximate surface area is 117 Å². The molecule has 1 fully saturated rings. The molecule has 1 aromatic carbocycles. The van der Waals surface area contributed by atoms with E-state index in [4.69, 9.17) is 21.5 Å². The van der Waals surface area contributed by atoms with Gasteiger partial charge < -0.3 is 9.26 Å². The lowest BCUT2D eigenvalue weighted by molar-refractivity contribution is 0.384. The Kier molecular flexibility index (Phi) is 3.11. The van der Waals surface area contributed by atoms with Crippen LogP contribution in [0.2, 0.25) is 0 Å². The molecule has 0 unspecified atom stereocenters. The number of methoxy groups -OCH3 is 1. The largest absolute Gasteiger partial charge is 0.496 e. The predicted octanol–water partition coefficient (Wildman–Crippen LogP) is 3.64. The van der Waals surface area contributed by atoms with E-state index in [1.807, 2.05) is 25.1 Å². The summed E-state index contributed by atoms with van der Waals surface area (Å²) in [6.07, 6.45) is 4.04. The van der Waals surface area contributed by atoms with Crippen LogP contribution in [0.3, 0.4) is 0 Å². The molecule has 0 bridgehead atoms. The van der Waals surface area contributed by atoms with Crippen molar-refractivity contribution < 1.29 is 9.26 Å². The Balaban J connectivity index is 2.01. The molecule has 19 heavy (non-hydrogen) atoms. The maximum Gasteiger partial charge on any atom is 0.148 e. The van der Waals surface area contributed by atoms with Crippen molar-refractivity contribution >= 4 is 17.1 Å². The maximum absolute atomic E-state index is 5.59. The summed E-state index contributed by atoms with van der Waals surface area (Å²) in [4.78, 5) is 0.750. The van der Waals surface area contributed by atoms with Crippen LogP contribution in [0, 0.1) is 6.92 Å². The minimum absolute atomic E-state index is 0.492. The van der Waals surface area contributed by atoms with E-state index >= 15 is 0 Å². The van der Waals surface area contributed by atoms with E-state index in [0.717, 1.165) is 45.9 Å². The number of ether oxygens (including phenoxy) is 1. The van der Waals surface area contributed by atoms with E-state index in [1.54, 1.807) is 13.3 Å². The molecule has 3 rings (SSSR count). The van der Waals surface area contributed by atoms with Crippen LogP contribution in [0.4, 0.5) is 0 Å². The van der Waals surface area contributed by atoms with E-state index in [1.165, 1.54) is 0 Å². The van der Waals surface area contributed by atoms with Crippen LogP contribution in [0.15, 0.2) is 28.9 Å². The molecule has 0 amide bonds. The Hall–Kier alpha value is -1.68. The van der Waals surface area contributed by atoms with Gasteiger partial charge in [-0.3, -0.25) is 0 Å². The predicted molar refractivity (Wildman–Crippen MR) is 77.0 cm³/mol. The molecule has 98 valence electrons. The molecule has 3 nitrogen and oxygen atoms in total. The number of thiocarbonyl (C=S) groups is 1. The average molecular weight is 273 g/mol. The number of aryl methyl sites for hydroxylation is 1. The third-order valence-corrected chi connectivity index (χ3v) is 3.83. The molecule has 0 spiro atoms. The zero-order valence-electron chi connectivity index (χ0n) is 11.0. The molecule has 0 atom stereocenters. The number of benzene rings is 1. The molecule has 1 aromatic heterocycles. The first-order valence-corrected chi connectivity index (χ1v) is 6.75. The molecule has 0 radical (unpaired) electrons. The summed E-state index contributed by atoms with van der Waals surface area (Å²) in [6, 6.07) is 6.03. The minimum atomic E-state index is 0.492. The van der Waals surface area contributed by atoms with Crippen LogP contribution >= 0.6 is 12.2 Å². The van der Waals surface area contributed by atoms with Gasteiger partial charge in [-0.05, 0) is 37.5 Å². The molecule has 2 aromatic rings. The molecular weight excluding hydrogens is 258 g/mol. The Morgan fingerprint density at radius 3 is 2.84 bits per heavy atom. The molecular formula is C15H15NO2S. The second-order valence-corrected chi connectivity index (χ2v) is 5.32. The van der Waals surface area contributed by atoms with Gasteiger partial charge in [0.25, 0.3) is 0 Å². The molecule has 0 N–H and O–H groups in total. The number of hydrogen-bond acceptors (Lipinski definition) is 4. The summed E-state index contributed by atoms with van der Waals surface area (Å²) < 4.78 is 10.8. The fraction of sp³-hybridized carbons (Fsp3) is 0.333. The standard InChI is InChI=1S/C15H15NO2S/c1-9-3-6-11(13(7-9)17-2)15(19)12-8-16-18-14(12)10-4-5-10/h3,6-8,10H,4-5H2,1-2H3. The highest BCUT2D eigenvalue weighted by Crippen LogP contribution is 2.42. The lowest BCUT2D eigenvalue weighted by Gasteiger charge is -2.10. The third-order valence-electron chi connectivity index (χ3n) is 3.39. The van der Waals surface area contributed by atoms with E-state index < -0.39 is 0 Å². The zero-order valence-corrected chi connectivity index (χ0v) is 11.8. The molecule has 1 aliphatic rings. The monoisotopic (exact) mass is 273 g/mol. The van der Waals surface area contributed by atoms with Crippen molar-refractivity contribution in [1.82, 2.24) is 5.16 Å². The van der Waals surface area contributed by atoms with Gasteiger partial charge in [0.05, 0.1) is 23.7 Å². The lowest BCUT2D eigenvalue weighted by Crippen LogP contribution is -2.04. The van der Waals surface area contributed by atoms with Gasteiger partial charge in [-0.2, -0.15) is 0 Å². The van der Waals surface area contributed by atoms with Gasteiger partial charge in [0.15, 0.2) is 0 Å². The van der Waals surface area contributed by atoms with Gasteiger partial charge in [-0.15, -0.1) is 0 Å². The molecule has 1 saturated carbocycles. The first-order chi connectivity index (χ1) is 9.20. The third kappa shape index (κ3) is 2.28. The van der Waals surface area contributed by atoms with Crippen molar-refractivity contribution in [1.29, 1.82) is 0 Å². The van der Waals surface area contributed by atoms with Gasteiger partial charge >= 0.3 is 0 Å². The van der Waals surface area contributed by atoms with E-state index in [-0.39, 0.29) is 0 Å². The van der Waals surface area contributed by atoms with Crippen LogP contribution in [-0.2, 0) is 0 Å². The molecule has 1 heterocycles. The van der Waals surface area contributed by atoms with Gasteiger partial charge in [-0.25, -0.2) is 0 Å². The first kappa shape index (κ1) is 12.4. The molecule has 0 aliphatic heterocycles. The highest BCUT2D eigenvalue weighted by Gasteiger charge is 2.31. The van der Waals surface area contributed by atoms with Crippen molar-refractivity contribution in [2.24, 2.45) is 0 Å². The molecule has 4 heteroatoms. The van der Waals surface area contributed by atoms with Crippen LogP contribution < -0.4 is 4.74 Å². The van der Waals surface area contributed by atoms with Crippen molar-refractivity contribution in [2.75, 3.05) is 7.11 Å². The van der Waals surface area contributed by atoms with Crippen LogP contribution in [0.5, 0.6) is 5.75 Å². The van der Waals surface area contributed by atoms with Gasteiger partial charge in [0, 0.05) is 11.5 Å². The van der Waals surface area contributed by atoms with Gasteiger partial charge in [-0.1, -0.05) is 23.4 Å². The highest BCUT2D eigenvalue weighted by molar-refractivity contribution is 7.81. The average Bonchev–Trinajstić information content (AvgIpc) is 3.15. The quantitative estimate of drug-likeness (QED) is 0.629. The zero-order chi connectivity index (χ0) is 13.4. The van der Waals surface area contributed by atoms with E-state index in [2.05, 4.69) is 5.16 Å². The fourth-order valence-corrected chi connectivity index (χ4v) is 2.51.